The molecule has 3 aromatic rings. The minimum absolute atomic E-state index is 0.0146. The zero-order valence-corrected chi connectivity index (χ0v) is 22.2. The van der Waals surface area contributed by atoms with Crippen molar-refractivity contribution in [1.82, 2.24) is 4.98 Å². The number of rotatable bonds is 11. The fraction of sp³-hybridized carbons (Fsp3) is 0.433. The van der Waals surface area contributed by atoms with Crippen molar-refractivity contribution in [3.05, 3.63) is 71.2 Å². The molecule has 2 aliphatic heterocycles. The third-order valence-electron chi connectivity index (χ3n) is 7.00. The van der Waals surface area contributed by atoms with E-state index in [1.807, 2.05) is 18.2 Å². The lowest BCUT2D eigenvalue weighted by Gasteiger charge is -2.22. The van der Waals surface area contributed by atoms with Gasteiger partial charge in [-0.25, -0.2) is 4.98 Å². The van der Waals surface area contributed by atoms with E-state index in [1.54, 1.807) is 0 Å². The van der Waals surface area contributed by atoms with Crippen LogP contribution < -0.4 is 15.8 Å². The predicted molar refractivity (Wildman–Crippen MR) is 152 cm³/mol. The lowest BCUT2D eigenvalue weighted by molar-refractivity contribution is -0.162. The Morgan fingerprint density at radius 3 is 2.59 bits per heavy atom. The molecular formula is C30H37ClN4O2. The molecule has 2 N–H and O–H groups in total. The average Bonchev–Trinajstić information content (AvgIpc) is 3.49. The van der Waals surface area contributed by atoms with E-state index in [4.69, 9.17) is 26.1 Å². The largest absolute Gasteiger partial charge is 0.357 e. The molecule has 37 heavy (non-hydrogen) atoms. The Morgan fingerprint density at radius 1 is 0.919 bits per heavy atom. The molecule has 0 spiro atoms. The summed E-state index contributed by atoms with van der Waals surface area (Å²) in [5.74, 6) is 1.06. The average molecular weight is 521 g/mol. The van der Waals surface area contributed by atoms with Crippen LogP contribution in [0.1, 0.15) is 50.5 Å². The van der Waals surface area contributed by atoms with Crippen LogP contribution in [-0.4, -0.2) is 37.6 Å². The van der Waals surface area contributed by atoms with E-state index in [0.29, 0.717) is 0 Å². The van der Waals surface area contributed by atoms with Crippen molar-refractivity contribution in [2.24, 2.45) is 0 Å². The van der Waals surface area contributed by atoms with Gasteiger partial charge in [0, 0.05) is 36.9 Å². The molecule has 6 nitrogen and oxygen atoms in total. The van der Waals surface area contributed by atoms with Gasteiger partial charge in [-0.15, -0.1) is 0 Å². The van der Waals surface area contributed by atoms with Crippen LogP contribution >= 0.6 is 11.6 Å². The van der Waals surface area contributed by atoms with Crippen LogP contribution in [0.2, 0.25) is 5.02 Å². The van der Waals surface area contributed by atoms with Gasteiger partial charge < -0.3 is 25.2 Å². The van der Waals surface area contributed by atoms with Crippen molar-refractivity contribution in [3.63, 3.8) is 0 Å². The van der Waals surface area contributed by atoms with Crippen molar-refractivity contribution in [2.75, 3.05) is 42.1 Å². The van der Waals surface area contributed by atoms with Gasteiger partial charge in [-0.3, -0.25) is 0 Å². The Kier molecular flexibility index (Phi) is 9.17. The summed E-state index contributed by atoms with van der Waals surface area (Å²) in [6.07, 6.45) is 8.75. The van der Waals surface area contributed by atoms with Gasteiger partial charge in [0.25, 0.3) is 0 Å². The number of hydrazine groups is 1. The summed E-state index contributed by atoms with van der Waals surface area (Å²) in [6, 6.07) is 20.7. The number of benzene rings is 2. The Hall–Kier alpha value is -2.80. The van der Waals surface area contributed by atoms with Crippen LogP contribution in [0, 0.1) is 0 Å². The summed E-state index contributed by atoms with van der Waals surface area (Å²) in [7, 11) is 0. The summed E-state index contributed by atoms with van der Waals surface area (Å²) in [5.41, 5.74) is 11.8. The van der Waals surface area contributed by atoms with E-state index in [2.05, 4.69) is 58.2 Å². The zero-order chi connectivity index (χ0) is 25.3. The second kappa shape index (κ2) is 13.1. The lowest BCUT2D eigenvalue weighted by Crippen LogP contribution is -2.22. The summed E-state index contributed by atoms with van der Waals surface area (Å²) in [6.45, 7) is 3.73. The smallest absolute Gasteiger partial charge is 0.157 e. The Bertz CT molecular complexity index is 1150. The summed E-state index contributed by atoms with van der Waals surface area (Å²) in [4.78, 5) is 7.29. The van der Waals surface area contributed by atoms with E-state index < -0.39 is 0 Å². The van der Waals surface area contributed by atoms with Gasteiger partial charge in [-0.1, -0.05) is 29.8 Å². The number of nitrogens with zero attached hydrogens (tertiary/aromatic N) is 2. The highest BCUT2D eigenvalue weighted by Gasteiger charge is 2.15. The van der Waals surface area contributed by atoms with Crippen LogP contribution in [-0.2, 0) is 15.9 Å². The highest BCUT2D eigenvalue weighted by Crippen LogP contribution is 2.26. The number of hydrogen-bond donors (Lipinski definition) is 2. The summed E-state index contributed by atoms with van der Waals surface area (Å²) < 4.78 is 11.5. The number of aryl methyl sites for hydroxylation is 1. The normalized spacial score (nSPS) is 17.6. The molecule has 5 rings (SSSR count). The molecular weight excluding hydrogens is 484 g/mol. The molecule has 2 fully saturated rings. The number of anilines is 3. The van der Waals surface area contributed by atoms with Crippen LogP contribution in [0.25, 0.3) is 11.3 Å². The van der Waals surface area contributed by atoms with E-state index in [1.165, 1.54) is 19.3 Å². The third-order valence-corrected chi connectivity index (χ3v) is 7.37. The molecule has 7 heteroatoms. The number of ether oxygens (including phenoxy) is 2. The zero-order valence-electron chi connectivity index (χ0n) is 21.4. The van der Waals surface area contributed by atoms with Crippen LogP contribution in [0.15, 0.2) is 60.7 Å². The molecule has 0 saturated carbocycles. The molecule has 1 aromatic heterocycles. The molecule has 0 radical (unpaired) electrons. The van der Waals surface area contributed by atoms with Crippen molar-refractivity contribution >= 4 is 28.8 Å². The number of aromatic nitrogens is 1. The van der Waals surface area contributed by atoms with Crippen molar-refractivity contribution in [2.45, 2.75) is 57.7 Å². The highest BCUT2D eigenvalue weighted by molar-refractivity contribution is 6.31. The first-order chi connectivity index (χ1) is 18.2. The van der Waals surface area contributed by atoms with Gasteiger partial charge in [-0.2, -0.15) is 0 Å². The number of pyridine rings is 1. The van der Waals surface area contributed by atoms with Gasteiger partial charge >= 0.3 is 0 Å². The Morgan fingerprint density at radius 2 is 1.76 bits per heavy atom. The van der Waals surface area contributed by atoms with Gasteiger partial charge in [0.2, 0.25) is 0 Å². The van der Waals surface area contributed by atoms with E-state index in [9.17, 15) is 0 Å². The number of nitrogens with one attached hydrogen (secondary N) is 2. The minimum atomic E-state index is -0.0146. The van der Waals surface area contributed by atoms with Gasteiger partial charge in [0.15, 0.2) is 6.29 Å². The maximum Gasteiger partial charge on any atom is 0.157 e. The molecule has 1 atom stereocenters. The second-order valence-electron chi connectivity index (χ2n) is 9.84. The third kappa shape index (κ3) is 7.37. The highest BCUT2D eigenvalue weighted by atomic mass is 35.5. The molecule has 0 bridgehead atoms. The fourth-order valence-corrected chi connectivity index (χ4v) is 5.14. The Labute approximate surface area is 225 Å². The maximum absolute atomic E-state index is 6.49. The summed E-state index contributed by atoms with van der Waals surface area (Å²) >= 11 is 6.49. The topological polar surface area (TPSA) is 58.7 Å². The fourth-order valence-electron chi connectivity index (χ4n) is 4.93. The number of unbranched alkanes of at least 4 members (excludes halogenated alkanes) is 1. The van der Waals surface area contributed by atoms with Gasteiger partial charge in [0.05, 0.1) is 17.1 Å². The van der Waals surface area contributed by atoms with E-state index in [-0.39, 0.29) is 6.29 Å². The number of hydrogen-bond acceptors (Lipinski definition) is 6. The molecule has 2 saturated heterocycles. The molecule has 1 unspecified atom stereocenters. The monoisotopic (exact) mass is 520 g/mol. The van der Waals surface area contributed by atoms with Gasteiger partial charge in [-0.05, 0) is 99.4 Å². The molecule has 2 aromatic carbocycles. The second-order valence-corrected chi connectivity index (χ2v) is 10.2. The van der Waals surface area contributed by atoms with Crippen LogP contribution in [0.3, 0.4) is 0 Å². The van der Waals surface area contributed by atoms with Crippen molar-refractivity contribution in [3.8, 4) is 11.3 Å². The number of halogens is 1. The summed E-state index contributed by atoms with van der Waals surface area (Å²) in [5, 5.41) is 0.799. The first-order valence-corrected chi connectivity index (χ1v) is 14.0. The predicted octanol–water partition coefficient (Wildman–Crippen LogP) is 7.31. The van der Waals surface area contributed by atoms with E-state index in [0.717, 1.165) is 97.4 Å². The van der Waals surface area contributed by atoms with Crippen molar-refractivity contribution in [1.29, 1.82) is 0 Å². The first kappa shape index (κ1) is 25.8. The quantitative estimate of drug-likeness (QED) is 0.204. The minimum Gasteiger partial charge on any atom is -0.357 e. The van der Waals surface area contributed by atoms with Crippen LogP contribution in [0.4, 0.5) is 17.2 Å². The van der Waals surface area contributed by atoms with Crippen LogP contribution in [0.5, 0.6) is 0 Å². The lowest BCUT2D eigenvalue weighted by atomic mass is 10.1. The Balaban J connectivity index is 1.13. The van der Waals surface area contributed by atoms with Crippen molar-refractivity contribution < 1.29 is 9.47 Å². The maximum atomic E-state index is 6.49. The SMILES string of the molecule is Clc1ccc(NNc2cccc(-c3cccc(N4CCCC4)n3)c2)cc1CCCCOC1CCCCO1. The molecule has 2 aliphatic rings. The molecule has 0 amide bonds. The van der Waals surface area contributed by atoms with Gasteiger partial charge in [0.1, 0.15) is 5.82 Å². The van der Waals surface area contributed by atoms with E-state index >= 15 is 0 Å². The first-order valence-electron chi connectivity index (χ1n) is 13.6. The molecule has 196 valence electrons. The standard InChI is InChI=1S/C30H37ClN4O2/c31-27-16-15-26(21-23(27)9-1-5-19-36-30-14-2-6-20-37-30)34-33-25-11-7-10-24(22-25)28-12-8-13-29(32-28)35-17-3-4-18-35/h7-8,10-13,15-16,21-22,30,33-34H,1-6,9,14,17-20H2. The molecule has 0 aliphatic carbocycles. The molecule has 3 heterocycles.